The Kier molecular flexibility index (Phi) is 44.3. The van der Waals surface area contributed by atoms with Crippen molar-refractivity contribution < 1.29 is 96.9 Å². The van der Waals surface area contributed by atoms with Gasteiger partial charge in [-0.1, -0.05) is 76.2 Å². The Morgan fingerprint density at radius 3 is 1.60 bits per heavy atom. The van der Waals surface area contributed by atoms with E-state index < -0.39 is 17.9 Å². The van der Waals surface area contributed by atoms with Crippen LogP contribution in [0.2, 0.25) is 1.41 Å². The zero-order chi connectivity index (χ0) is 68.0. The fourth-order valence-electron chi connectivity index (χ4n) is 8.63. The van der Waals surface area contributed by atoms with Crippen LogP contribution in [0.15, 0.2) is 48.5 Å². The van der Waals surface area contributed by atoms with E-state index in [-0.39, 0.29) is 93.6 Å². The molecule has 30 heteroatoms. The number of aliphatic carboxylic acids is 1. The van der Waals surface area contributed by atoms with Crippen LogP contribution in [0.25, 0.3) is 23.9 Å². The molecule has 2 aromatic carbocycles. The molecule has 4 rings (SSSR count). The maximum atomic E-state index is 13.9. The molecule has 2 atom stereocenters. The van der Waals surface area contributed by atoms with Crippen LogP contribution in [0, 0.1) is 0 Å². The molecule has 0 saturated heterocycles. The largest absolute Gasteiger partial charge is 0.481 e. The minimum absolute atomic E-state index is 0.0169. The number of ether oxygens (including phenoxy) is 13. The summed E-state index contributed by atoms with van der Waals surface area (Å²) in [7, 11) is 4.59. The monoisotopic (exact) mass is 1360 g/mol. The predicted octanol–water partition coefficient (Wildman–Crippen LogP) is 4.03. The second-order valence-electron chi connectivity index (χ2n) is 20.7. The molecule has 1 aromatic heterocycles. The van der Waals surface area contributed by atoms with Gasteiger partial charge < -0.3 is 92.9 Å². The molecular formula is C63H100N8O20S2. The van der Waals surface area contributed by atoms with Gasteiger partial charge in [0.2, 0.25) is 29.5 Å². The van der Waals surface area contributed by atoms with Gasteiger partial charge in [0.05, 0.1) is 190 Å². The number of nitrogens with one attached hydrogen (secondary N) is 5. The summed E-state index contributed by atoms with van der Waals surface area (Å²) in [5, 5.41) is 24.5. The summed E-state index contributed by atoms with van der Waals surface area (Å²) in [6, 6.07) is 13.9. The number of aromatic nitrogens is 3. The summed E-state index contributed by atoms with van der Waals surface area (Å²) in [6.07, 6.45) is 2.10. The number of hydrogen-bond acceptors (Lipinski definition) is 24. The van der Waals surface area contributed by atoms with Gasteiger partial charge in [-0.15, -0.1) is 5.10 Å². The Bertz CT molecular complexity index is 2570. The Hall–Kier alpha value is -5.42. The molecule has 0 fully saturated rings. The second kappa shape index (κ2) is 53.8. The van der Waals surface area contributed by atoms with Crippen molar-refractivity contribution in [2.45, 2.75) is 82.5 Å². The smallest absolute Gasteiger partial charge is 0.304 e. The molecule has 0 saturated carbocycles. The number of unbranched alkanes of at least 4 members (excludes halogenated alkanes) is 1. The third-order valence-corrected chi connectivity index (χ3v) is 16.4. The molecule has 1 unspecified atom stereocenters. The molecule has 3 aromatic rings. The number of methoxy groups -OCH3 is 1. The second-order valence-corrected chi connectivity index (χ2v) is 23.7. The average molecular weight is 1360 g/mol. The molecule has 524 valence electrons. The number of carbonyl (C=O) groups is 6. The lowest BCUT2D eigenvalue weighted by molar-refractivity contribution is -0.136. The molecule has 0 bridgehead atoms. The number of anilines is 1. The van der Waals surface area contributed by atoms with Crippen LogP contribution in [0.1, 0.15) is 70.3 Å². The zero-order valence-corrected chi connectivity index (χ0v) is 55.8. The van der Waals surface area contributed by atoms with E-state index in [1.807, 2.05) is 55.5 Å². The lowest BCUT2D eigenvalue weighted by Crippen LogP contribution is -2.47. The van der Waals surface area contributed by atoms with E-state index in [0.29, 0.717) is 213 Å². The molecule has 0 radical (unpaired) electrons. The van der Waals surface area contributed by atoms with Crippen LogP contribution in [-0.2, 0) is 96.9 Å². The van der Waals surface area contributed by atoms with Crippen LogP contribution in [0.3, 0.4) is 0 Å². The minimum Gasteiger partial charge on any atom is -0.481 e. The van der Waals surface area contributed by atoms with Crippen molar-refractivity contribution >= 4 is 62.8 Å². The number of para-hydroxylation sites is 1. The first kappa shape index (κ1) is 76.6. The van der Waals surface area contributed by atoms with Gasteiger partial charge >= 0.3 is 5.97 Å². The lowest BCUT2D eigenvalue weighted by Gasteiger charge is -2.28. The van der Waals surface area contributed by atoms with Gasteiger partial charge in [0.1, 0.15) is 11.7 Å². The highest BCUT2D eigenvalue weighted by molar-refractivity contribution is 8.76. The van der Waals surface area contributed by atoms with Crippen molar-refractivity contribution in [2.24, 2.45) is 0 Å². The molecule has 2 heterocycles. The summed E-state index contributed by atoms with van der Waals surface area (Å²) < 4.78 is 85.9. The molecule has 5 amide bonds. The van der Waals surface area contributed by atoms with Crippen LogP contribution in [-0.4, -0.2) is 265 Å². The van der Waals surface area contributed by atoms with Crippen LogP contribution in [0.4, 0.5) is 5.69 Å². The number of amides is 5. The topological polar surface area (TPSA) is 336 Å². The number of carbonyl (C=O) groups excluding carboxylic acids is 5. The highest BCUT2D eigenvalue weighted by atomic mass is 33.1. The van der Waals surface area contributed by atoms with E-state index >= 15 is 0 Å². The molecule has 1 aliphatic heterocycles. The third-order valence-electron chi connectivity index (χ3n) is 13.5. The van der Waals surface area contributed by atoms with Crippen LogP contribution in [0.5, 0.6) is 0 Å². The summed E-state index contributed by atoms with van der Waals surface area (Å²) in [5.74, 6) is -1.76. The van der Waals surface area contributed by atoms with Crippen molar-refractivity contribution in [1.82, 2.24) is 36.7 Å². The zero-order valence-electron chi connectivity index (χ0n) is 56.1. The van der Waals surface area contributed by atoms with E-state index in [4.69, 9.17) is 64.4 Å². The van der Waals surface area contributed by atoms with Gasteiger partial charge in [-0.3, -0.25) is 33.9 Å². The van der Waals surface area contributed by atoms with Crippen LogP contribution >= 0.6 is 21.6 Å². The van der Waals surface area contributed by atoms with E-state index in [9.17, 15) is 28.8 Å². The highest BCUT2D eigenvalue weighted by Gasteiger charge is 2.28. The Labute approximate surface area is 557 Å². The first-order valence-electron chi connectivity index (χ1n) is 32.8. The number of nitrogens with zero attached hydrogens (tertiary/aromatic N) is 3. The van der Waals surface area contributed by atoms with E-state index in [0.717, 1.165) is 16.2 Å². The molecular weight excluding hydrogens is 1250 g/mol. The van der Waals surface area contributed by atoms with Crippen LogP contribution < -0.4 is 26.2 Å². The Morgan fingerprint density at radius 2 is 1.05 bits per heavy atom. The average Bonchev–Trinajstić information content (AvgIpc) is 1.72. The van der Waals surface area contributed by atoms with Gasteiger partial charge in [-0.25, -0.2) is 0 Å². The van der Waals surface area contributed by atoms with Crippen molar-refractivity contribution in [1.29, 1.82) is 1.43 Å². The fourth-order valence-corrected chi connectivity index (χ4v) is 10.9. The summed E-state index contributed by atoms with van der Waals surface area (Å²) in [6.45, 7) is 13.8. The number of aromatic amines is 1. The first-order valence-corrected chi connectivity index (χ1v) is 34.3. The maximum Gasteiger partial charge on any atom is 0.304 e. The number of fused-ring (bicyclic) bond motifs is 5. The van der Waals surface area contributed by atoms with Gasteiger partial charge in [-0.05, 0) is 37.3 Å². The normalized spacial score (nSPS) is 12.7. The van der Waals surface area contributed by atoms with Crippen molar-refractivity contribution in [2.75, 3.05) is 203 Å². The van der Waals surface area contributed by atoms with Gasteiger partial charge in [0.15, 0.2) is 1.41 Å². The van der Waals surface area contributed by atoms with Gasteiger partial charge in [-0.2, -0.15) is 0 Å². The molecule has 6 N–H and O–H groups in total. The number of benzene rings is 2. The number of carboxylic acid groups (broad SMARTS) is 1. The van der Waals surface area contributed by atoms with E-state index in [1.54, 1.807) is 12.0 Å². The van der Waals surface area contributed by atoms with Crippen molar-refractivity contribution in [3.05, 3.63) is 54.1 Å². The van der Waals surface area contributed by atoms with Gasteiger partial charge in [0, 0.05) is 74.6 Å². The minimum atomic E-state index is -0.904. The lowest BCUT2D eigenvalue weighted by atomic mass is 9.96. The first-order chi connectivity index (χ1) is 46.5. The van der Waals surface area contributed by atoms with Crippen molar-refractivity contribution in [3.8, 4) is 22.5 Å². The molecule has 1 aliphatic rings. The molecule has 0 spiro atoms. The number of carboxylic acids is 1. The SMILES string of the molecule is [2H]OC(=O)CCSSC(C)CCC(=O)N[C@@H](CCCCNC(=O)CCOCCOCCOCCOCCOCCOCCOCCOCCOCCOCCOCCOCCOC)C(=O)NCCC(=O)NCCC(=O)N1Cc2ccccc2-c2c(nnn2[3H])-c2ccccc21. The summed E-state index contributed by atoms with van der Waals surface area (Å²) in [5.41, 5.74) is 3.80. The summed E-state index contributed by atoms with van der Waals surface area (Å²) >= 11 is 0. The quantitative estimate of drug-likeness (QED) is 0.0343. The number of hydrogen-bond donors (Lipinski definition) is 6. The maximum absolute atomic E-state index is 13.9. The third kappa shape index (κ3) is 38.7. The molecule has 28 nitrogen and oxygen atoms in total. The number of rotatable bonds is 60. The Morgan fingerprint density at radius 1 is 0.570 bits per heavy atom. The van der Waals surface area contributed by atoms with E-state index in [1.165, 1.54) is 21.6 Å². The Balaban J connectivity index is 0.966. The molecule has 0 aliphatic carbocycles. The van der Waals surface area contributed by atoms with E-state index in [2.05, 4.69) is 36.7 Å². The standard InChI is InChI=1S/C63H100N8O20S2/c1-50(93-92-48-19-60(76)77)14-15-58(74)67-54(63(78)66-21-16-56(72)65-22-17-59(75)71-49-51-9-3-4-10-52(51)61-62(69-70-68-61)53-11-5-6-13-55(53)71)12-7-8-20-64-57(73)18-23-80-26-27-82-30-31-84-34-35-86-38-39-88-42-43-90-46-47-91-45-44-89-41-40-87-37-36-85-33-32-83-29-28-81-25-24-79-2/h3-6,9-11,13,50,54H,7-8,12,14-49H2,1-2H3,(H,64,73)(H,65,72)(H,66,78)(H,67,74)(H,76,77)(H,68,69,70)/t50?,54-/m0/s1/i/hTD. The summed E-state index contributed by atoms with van der Waals surface area (Å²) in [4.78, 5) is 79.0. The fraction of sp³-hybridized carbons (Fsp3) is 0.683. The van der Waals surface area contributed by atoms with Gasteiger partial charge in [0.25, 0.3) is 1.43 Å². The molecule has 93 heavy (non-hydrogen) atoms. The predicted molar refractivity (Wildman–Crippen MR) is 350 cm³/mol. The highest BCUT2D eigenvalue weighted by Crippen LogP contribution is 2.40. The number of H-pyrrole nitrogens is 1. The van der Waals surface area contributed by atoms with Crippen molar-refractivity contribution in [3.63, 3.8) is 0 Å².